The number of rotatable bonds is 7. The third-order valence-electron chi connectivity index (χ3n) is 3.83. The summed E-state index contributed by atoms with van der Waals surface area (Å²) in [6.07, 6.45) is 1.64. The molecular formula is C19H17ClN4O3. The first-order chi connectivity index (χ1) is 13.1. The summed E-state index contributed by atoms with van der Waals surface area (Å²) in [6.45, 7) is 2.83. The van der Waals surface area contributed by atoms with Gasteiger partial charge in [-0.1, -0.05) is 35.9 Å². The number of nitro groups is 1. The lowest BCUT2D eigenvalue weighted by atomic mass is 10.2. The maximum absolute atomic E-state index is 11.5. The molecule has 2 heterocycles. The van der Waals surface area contributed by atoms with Crippen molar-refractivity contribution in [3.05, 3.63) is 81.6 Å². The fraction of sp³-hybridized carbons (Fsp3) is 0.158. The second kappa shape index (κ2) is 8.46. The Labute approximate surface area is 161 Å². The quantitative estimate of drug-likeness (QED) is 0.329. The molecular weight excluding hydrogens is 368 g/mol. The van der Waals surface area contributed by atoms with E-state index in [9.17, 15) is 10.1 Å². The van der Waals surface area contributed by atoms with Crippen LogP contribution in [0.5, 0.6) is 11.6 Å². The number of nitrogens with zero attached hydrogens (tertiary/aromatic N) is 4. The molecule has 0 saturated heterocycles. The van der Waals surface area contributed by atoms with Gasteiger partial charge in [0.1, 0.15) is 10.9 Å². The Morgan fingerprint density at radius 1 is 1.15 bits per heavy atom. The maximum atomic E-state index is 11.5. The molecule has 0 amide bonds. The minimum absolute atomic E-state index is 0.0841. The van der Waals surface area contributed by atoms with Crippen molar-refractivity contribution < 1.29 is 9.66 Å². The van der Waals surface area contributed by atoms with Crippen molar-refractivity contribution in [1.29, 1.82) is 0 Å². The molecule has 0 aliphatic carbocycles. The summed E-state index contributed by atoms with van der Waals surface area (Å²) in [6, 6.07) is 15.5. The van der Waals surface area contributed by atoms with Gasteiger partial charge < -0.3 is 9.64 Å². The van der Waals surface area contributed by atoms with Crippen LogP contribution in [0.1, 0.15) is 12.5 Å². The summed E-state index contributed by atoms with van der Waals surface area (Å²) in [4.78, 5) is 21.3. The smallest absolute Gasteiger partial charge is 0.311 e. The van der Waals surface area contributed by atoms with Crippen molar-refractivity contribution in [1.82, 2.24) is 9.97 Å². The SMILES string of the molecule is CCN(Cc1ccc(Cl)nc1)c1nc(Oc2ccccc2)ccc1[N+](=O)[O-]. The normalized spacial score (nSPS) is 10.4. The van der Waals surface area contributed by atoms with E-state index in [1.807, 2.05) is 31.2 Å². The molecule has 0 aliphatic heterocycles. The van der Waals surface area contributed by atoms with Gasteiger partial charge in [-0.15, -0.1) is 0 Å². The molecule has 7 nitrogen and oxygen atoms in total. The molecule has 0 atom stereocenters. The Kier molecular flexibility index (Phi) is 5.83. The lowest BCUT2D eigenvalue weighted by Crippen LogP contribution is -2.24. The van der Waals surface area contributed by atoms with Gasteiger partial charge in [0, 0.05) is 31.4 Å². The highest BCUT2D eigenvalue weighted by Crippen LogP contribution is 2.31. The molecule has 0 radical (unpaired) electrons. The number of aromatic nitrogens is 2. The van der Waals surface area contributed by atoms with Crippen LogP contribution in [0.2, 0.25) is 5.15 Å². The number of pyridine rings is 2. The first-order valence-electron chi connectivity index (χ1n) is 8.30. The standard InChI is InChI=1S/C19H17ClN4O3/c1-2-23(13-14-8-10-17(20)21-12-14)19-16(24(25)26)9-11-18(22-19)27-15-6-4-3-5-7-15/h3-12H,2,13H2,1H3. The highest BCUT2D eigenvalue weighted by Gasteiger charge is 2.22. The van der Waals surface area contributed by atoms with Crippen molar-refractivity contribution >= 4 is 23.1 Å². The van der Waals surface area contributed by atoms with Crippen LogP contribution in [0.3, 0.4) is 0 Å². The molecule has 2 aromatic heterocycles. The third kappa shape index (κ3) is 4.71. The number of hydrogen-bond acceptors (Lipinski definition) is 6. The van der Waals surface area contributed by atoms with Crippen molar-refractivity contribution in [2.45, 2.75) is 13.5 Å². The number of halogens is 1. The summed E-state index contributed by atoms with van der Waals surface area (Å²) in [5.74, 6) is 1.13. The molecule has 0 saturated carbocycles. The Morgan fingerprint density at radius 3 is 2.56 bits per heavy atom. The maximum Gasteiger partial charge on any atom is 0.311 e. The fourth-order valence-corrected chi connectivity index (χ4v) is 2.63. The number of benzene rings is 1. The van der Waals surface area contributed by atoms with E-state index < -0.39 is 4.92 Å². The molecule has 1 aromatic carbocycles. The second-order valence-electron chi connectivity index (χ2n) is 5.67. The Bertz CT molecular complexity index is 920. The number of ether oxygens (including phenoxy) is 1. The van der Waals surface area contributed by atoms with E-state index in [-0.39, 0.29) is 17.4 Å². The largest absolute Gasteiger partial charge is 0.439 e. The van der Waals surface area contributed by atoms with Crippen molar-refractivity contribution in [3.8, 4) is 11.6 Å². The molecule has 0 spiro atoms. The fourth-order valence-electron chi connectivity index (χ4n) is 2.52. The van der Waals surface area contributed by atoms with E-state index >= 15 is 0 Å². The molecule has 3 aromatic rings. The van der Waals surface area contributed by atoms with E-state index in [2.05, 4.69) is 9.97 Å². The minimum atomic E-state index is -0.447. The number of hydrogen-bond donors (Lipinski definition) is 0. The Morgan fingerprint density at radius 2 is 1.93 bits per heavy atom. The van der Waals surface area contributed by atoms with Crippen LogP contribution in [0, 0.1) is 10.1 Å². The molecule has 0 N–H and O–H groups in total. The topological polar surface area (TPSA) is 81.4 Å². The Balaban J connectivity index is 1.92. The van der Waals surface area contributed by atoms with Crippen LogP contribution in [0.15, 0.2) is 60.8 Å². The van der Waals surface area contributed by atoms with Crippen LogP contribution in [-0.2, 0) is 6.54 Å². The molecule has 0 fully saturated rings. The van der Waals surface area contributed by atoms with E-state index in [0.717, 1.165) is 5.56 Å². The van der Waals surface area contributed by atoms with E-state index in [1.165, 1.54) is 12.1 Å². The molecule has 8 heteroatoms. The summed E-state index contributed by atoms with van der Waals surface area (Å²) >= 11 is 5.82. The third-order valence-corrected chi connectivity index (χ3v) is 4.06. The molecule has 0 bridgehead atoms. The van der Waals surface area contributed by atoms with Gasteiger partial charge in [0.2, 0.25) is 11.7 Å². The van der Waals surface area contributed by atoms with Crippen molar-refractivity contribution in [2.75, 3.05) is 11.4 Å². The molecule has 3 rings (SSSR count). The summed E-state index contributed by atoms with van der Waals surface area (Å²) in [7, 11) is 0. The van der Waals surface area contributed by atoms with Gasteiger partial charge in [-0.05, 0) is 30.7 Å². The lowest BCUT2D eigenvalue weighted by molar-refractivity contribution is -0.384. The average molecular weight is 385 g/mol. The van der Waals surface area contributed by atoms with Gasteiger partial charge in [-0.3, -0.25) is 10.1 Å². The average Bonchev–Trinajstić information content (AvgIpc) is 2.68. The molecule has 138 valence electrons. The van der Waals surface area contributed by atoms with Crippen LogP contribution in [0.25, 0.3) is 0 Å². The van der Waals surface area contributed by atoms with Crippen LogP contribution in [0.4, 0.5) is 11.5 Å². The second-order valence-corrected chi connectivity index (χ2v) is 6.06. The number of para-hydroxylation sites is 1. The van der Waals surface area contributed by atoms with E-state index in [1.54, 1.807) is 29.3 Å². The van der Waals surface area contributed by atoms with Crippen molar-refractivity contribution in [3.63, 3.8) is 0 Å². The lowest BCUT2D eigenvalue weighted by Gasteiger charge is -2.22. The first kappa shape index (κ1) is 18.6. The van der Waals surface area contributed by atoms with Crippen LogP contribution >= 0.6 is 11.6 Å². The Hall–Kier alpha value is -3.19. The van der Waals surface area contributed by atoms with Gasteiger partial charge in [0.05, 0.1) is 4.92 Å². The zero-order valence-corrected chi connectivity index (χ0v) is 15.3. The zero-order valence-electron chi connectivity index (χ0n) is 14.6. The van der Waals surface area contributed by atoms with Crippen LogP contribution < -0.4 is 9.64 Å². The molecule has 0 aliphatic rings. The summed E-state index contributed by atoms with van der Waals surface area (Å²) in [5, 5.41) is 11.9. The van der Waals surface area contributed by atoms with Gasteiger partial charge in [0.25, 0.3) is 0 Å². The predicted molar refractivity (Wildman–Crippen MR) is 103 cm³/mol. The van der Waals surface area contributed by atoms with E-state index in [0.29, 0.717) is 24.0 Å². The van der Waals surface area contributed by atoms with E-state index in [4.69, 9.17) is 16.3 Å². The summed E-state index contributed by atoms with van der Waals surface area (Å²) in [5.41, 5.74) is 0.783. The molecule has 0 unspecified atom stereocenters. The van der Waals surface area contributed by atoms with Gasteiger partial charge >= 0.3 is 5.69 Å². The monoisotopic (exact) mass is 384 g/mol. The first-order valence-corrected chi connectivity index (χ1v) is 8.68. The van der Waals surface area contributed by atoms with Crippen LogP contribution in [-0.4, -0.2) is 21.4 Å². The van der Waals surface area contributed by atoms with Crippen molar-refractivity contribution in [2.24, 2.45) is 0 Å². The highest BCUT2D eigenvalue weighted by molar-refractivity contribution is 6.29. The summed E-state index contributed by atoms with van der Waals surface area (Å²) < 4.78 is 5.72. The highest BCUT2D eigenvalue weighted by atomic mass is 35.5. The van der Waals surface area contributed by atoms with Gasteiger partial charge in [0.15, 0.2) is 0 Å². The molecule has 27 heavy (non-hydrogen) atoms. The minimum Gasteiger partial charge on any atom is -0.439 e. The number of anilines is 1. The van der Waals surface area contributed by atoms with Gasteiger partial charge in [-0.25, -0.2) is 4.98 Å². The van der Waals surface area contributed by atoms with Gasteiger partial charge in [-0.2, -0.15) is 4.98 Å². The predicted octanol–water partition coefficient (Wildman–Crippen LogP) is 4.86. The zero-order chi connectivity index (χ0) is 19.2.